The summed E-state index contributed by atoms with van der Waals surface area (Å²) in [6.07, 6.45) is 5.99. The van der Waals surface area contributed by atoms with Gasteiger partial charge < -0.3 is 4.57 Å². The minimum Gasteiger partial charge on any atom is -0.316 e. The third-order valence-electron chi connectivity index (χ3n) is 10.6. The van der Waals surface area contributed by atoms with Crippen molar-refractivity contribution in [3.8, 4) is 62.1 Å². The first-order valence-corrected chi connectivity index (χ1v) is 17.6. The molecule has 10 rings (SSSR count). The highest BCUT2D eigenvalue weighted by Gasteiger charge is 2.36. The summed E-state index contributed by atoms with van der Waals surface area (Å²) in [7, 11) is 0. The van der Waals surface area contributed by atoms with Crippen LogP contribution < -0.4 is 0 Å². The van der Waals surface area contributed by atoms with Crippen LogP contribution in [0.4, 0.5) is 0 Å². The van der Waals surface area contributed by atoms with E-state index >= 15 is 0 Å². The molecule has 0 saturated heterocycles. The Balaban J connectivity index is 1.16. The van der Waals surface area contributed by atoms with Crippen LogP contribution in [-0.4, -0.2) is 24.5 Å². The monoisotopic (exact) mass is 667 g/mol. The molecule has 0 amide bonds. The van der Waals surface area contributed by atoms with Crippen LogP contribution >= 0.6 is 0 Å². The Morgan fingerprint density at radius 3 is 1.69 bits per heavy atom. The van der Waals surface area contributed by atoms with E-state index in [4.69, 9.17) is 15.0 Å². The van der Waals surface area contributed by atoms with Crippen molar-refractivity contribution < 1.29 is 0 Å². The van der Waals surface area contributed by atoms with Crippen molar-refractivity contribution in [1.29, 1.82) is 0 Å². The van der Waals surface area contributed by atoms with Gasteiger partial charge in [-0.25, -0.2) is 15.0 Å². The number of hydrogen-bond donors (Lipinski definition) is 0. The van der Waals surface area contributed by atoms with Crippen LogP contribution in [0.15, 0.2) is 164 Å². The van der Waals surface area contributed by atoms with E-state index in [1.54, 1.807) is 0 Å². The van der Waals surface area contributed by atoms with E-state index in [2.05, 4.69) is 115 Å². The van der Waals surface area contributed by atoms with Gasteiger partial charge in [-0.05, 0) is 68.9 Å². The van der Waals surface area contributed by atoms with E-state index in [0.717, 1.165) is 22.4 Å². The number of benzene rings is 6. The number of hydrogen-bond acceptors (Lipinski definition) is 4. The topological polar surface area (TPSA) is 56.5 Å². The number of rotatable bonds is 5. The normalized spacial score (nSPS) is 13.0. The van der Waals surface area contributed by atoms with E-state index in [-0.39, 0.29) is 5.41 Å². The fraction of sp³-hybridized carbons (Fsp3) is 0.0638. The Morgan fingerprint density at radius 1 is 0.481 bits per heavy atom. The number of nitrogens with zero attached hydrogens (tertiary/aromatic N) is 5. The molecule has 5 nitrogen and oxygen atoms in total. The fourth-order valence-electron chi connectivity index (χ4n) is 7.96. The van der Waals surface area contributed by atoms with E-state index in [1.807, 2.05) is 73.1 Å². The Bertz CT molecular complexity index is 2750. The summed E-state index contributed by atoms with van der Waals surface area (Å²) in [5, 5.41) is 3.71. The van der Waals surface area contributed by atoms with Crippen LogP contribution in [0.5, 0.6) is 0 Å². The lowest BCUT2D eigenvalue weighted by atomic mass is 9.82. The number of aromatic nitrogens is 5. The van der Waals surface area contributed by atoms with Crippen LogP contribution in [0.25, 0.3) is 83.8 Å². The van der Waals surface area contributed by atoms with Crippen molar-refractivity contribution in [3.05, 3.63) is 175 Å². The van der Waals surface area contributed by atoms with E-state index in [0.29, 0.717) is 17.5 Å². The van der Waals surface area contributed by atoms with Gasteiger partial charge in [0.1, 0.15) is 0 Å². The maximum Gasteiger partial charge on any atom is 0.164 e. The predicted molar refractivity (Wildman–Crippen MR) is 211 cm³/mol. The average molecular weight is 668 g/mol. The van der Waals surface area contributed by atoms with Gasteiger partial charge in [0.05, 0.1) is 5.52 Å². The lowest BCUT2D eigenvalue weighted by molar-refractivity contribution is 0.660. The van der Waals surface area contributed by atoms with E-state index < -0.39 is 0 Å². The van der Waals surface area contributed by atoms with Gasteiger partial charge in [0.2, 0.25) is 0 Å². The lowest BCUT2D eigenvalue weighted by Gasteiger charge is -2.21. The lowest BCUT2D eigenvalue weighted by Crippen LogP contribution is -2.14. The highest BCUT2D eigenvalue weighted by atomic mass is 15.0. The van der Waals surface area contributed by atoms with Gasteiger partial charge in [-0.15, -0.1) is 0 Å². The molecule has 6 aromatic carbocycles. The fourth-order valence-corrected chi connectivity index (χ4v) is 7.96. The molecule has 246 valence electrons. The maximum atomic E-state index is 5.05. The molecule has 0 fully saturated rings. The molecule has 1 aliphatic carbocycles. The SMILES string of the molecule is CC1(C)c2ccc(-c3nc(-c4ccccc4)nc(-c4ccccc4)n3)cc2-c2cc(-c3cn(-c4ccncc4)c4ccc5ccccc5c34)ccc21. The van der Waals surface area contributed by atoms with Crippen LogP contribution in [0, 0.1) is 0 Å². The van der Waals surface area contributed by atoms with Crippen LogP contribution in [-0.2, 0) is 5.41 Å². The Hall–Kier alpha value is -6.72. The molecule has 5 heteroatoms. The maximum absolute atomic E-state index is 5.05. The van der Waals surface area contributed by atoms with Crippen molar-refractivity contribution in [1.82, 2.24) is 24.5 Å². The molecule has 1 aliphatic rings. The summed E-state index contributed by atoms with van der Waals surface area (Å²) in [4.78, 5) is 19.3. The summed E-state index contributed by atoms with van der Waals surface area (Å²) in [5.74, 6) is 1.97. The van der Waals surface area contributed by atoms with Crippen LogP contribution in [0.1, 0.15) is 25.0 Å². The minimum atomic E-state index is -0.164. The molecule has 0 N–H and O–H groups in total. The molecule has 0 aliphatic heterocycles. The van der Waals surface area contributed by atoms with Crippen molar-refractivity contribution in [2.75, 3.05) is 0 Å². The van der Waals surface area contributed by atoms with Gasteiger partial charge in [-0.2, -0.15) is 0 Å². The molecule has 9 aromatic rings. The van der Waals surface area contributed by atoms with Gasteiger partial charge >= 0.3 is 0 Å². The van der Waals surface area contributed by atoms with Crippen molar-refractivity contribution >= 4 is 21.7 Å². The van der Waals surface area contributed by atoms with Gasteiger partial charge in [-0.1, -0.05) is 129 Å². The summed E-state index contributed by atoms with van der Waals surface area (Å²) < 4.78 is 2.29. The minimum absolute atomic E-state index is 0.164. The zero-order chi connectivity index (χ0) is 34.8. The summed E-state index contributed by atoms with van der Waals surface area (Å²) in [6.45, 7) is 4.65. The molecule has 3 heterocycles. The summed E-state index contributed by atoms with van der Waals surface area (Å²) in [5.41, 5.74) is 12.4. The van der Waals surface area contributed by atoms with E-state index in [1.165, 1.54) is 55.1 Å². The molecule has 0 bridgehead atoms. The van der Waals surface area contributed by atoms with Crippen molar-refractivity contribution in [3.63, 3.8) is 0 Å². The highest BCUT2D eigenvalue weighted by Crippen LogP contribution is 2.51. The average Bonchev–Trinajstić information content (AvgIpc) is 3.71. The second-order valence-electron chi connectivity index (χ2n) is 14.0. The smallest absolute Gasteiger partial charge is 0.164 e. The highest BCUT2D eigenvalue weighted by molar-refractivity contribution is 6.14. The first kappa shape index (κ1) is 30.1. The molecule has 0 unspecified atom stereocenters. The Kier molecular flexibility index (Phi) is 6.77. The van der Waals surface area contributed by atoms with Gasteiger partial charge in [-0.3, -0.25) is 4.98 Å². The van der Waals surface area contributed by atoms with Crippen molar-refractivity contribution in [2.45, 2.75) is 19.3 Å². The summed E-state index contributed by atoms with van der Waals surface area (Å²) in [6, 6.07) is 51.3. The molecular weight excluding hydrogens is 635 g/mol. The Labute approximate surface area is 302 Å². The van der Waals surface area contributed by atoms with Crippen LogP contribution in [0.3, 0.4) is 0 Å². The molecule has 0 radical (unpaired) electrons. The van der Waals surface area contributed by atoms with Gasteiger partial charge in [0, 0.05) is 57.3 Å². The molecule has 3 aromatic heterocycles. The Morgan fingerprint density at radius 2 is 1.04 bits per heavy atom. The molecule has 0 saturated carbocycles. The van der Waals surface area contributed by atoms with Crippen LogP contribution in [0.2, 0.25) is 0 Å². The zero-order valence-corrected chi connectivity index (χ0v) is 28.8. The molecule has 52 heavy (non-hydrogen) atoms. The van der Waals surface area contributed by atoms with E-state index in [9.17, 15) is 0 Å². The largest absolute Gasteiger partial charge is 0.316 e. The first-order chi connectivity index (χ1) is 25.5. The van der Waals surface area contributed by atoms with Gasteiger partial charge in [0.15, 0.2) is 17.5 Å². The molecule has 0 spiro atoms. The first-order valence-electron chi connectivity index (χ1n) is 17.6. The van der Waals surface area contributed by atoms with Crippen molar-refractivity contribution in [2.24, 2.45) is 0 Å². The quantitative estimate of drug-likeness (QED) is 0.183. The third kappa shape index (κ3) is 4.78. The third-order valence-corrected chi connectivity index (χ3v) is 10.6. The zero-order valence-electron chi connectivity index (χ0n) is 28.8. The van der Waals surface area contributed by atoms with Gasteiger partial charge in [0.25, 0.3) is 0 Å². The number of fused-ring (bicyclic) bond motifs is 6. The second kappa shape index (κ2) is 11.7. The predicted octanol–water partition coefficient (Wildman–Crippen LogP) is 11.3. The summed E-state index contributed by atoms with van der Waals surface area (Å²) >= 11 is 0. The molecular formula is C47H33N5. The molecule has 0 atom stereocenters. The second-order valence-corrected chi connectivity index (χ2v) is 14.0. The standard InChI is InChI=1S/C47H33N5/c1-47(2)40-20-17-33(39-29-52(35-23-25-48-26-24-35)42-22-19-30-11-9-10-16-36(30)43(39)42)27-37(40)38-28-34(18-21-41(38)47)46-50-44(31-12-5-3-6-13-31)49-45(51-46)32-14-7-4-8-15-32/h3-29H,1-2H3. The number of pyridine rings is 1.